The zero-order valence-corrected chi connectivity index (χ0v) is 13.2. The fraction of sp³-hybridized carbons (Fsp3) is 0.583. The van der Waals surface area contributed by atoms with E-state index in [4.69, 9.17) is 14.6 Å². The van der Waals surface area contributed by atoms with Gasteiger partial charge in [0.1, 0.15) is 10.6 Å². The highest BCUT2D eigenvalue weighted by atomic mass is 32.2. The summed E-state index contributed by atoms with van der Waals surface area (Å²) in [6.07, 6.45) is 1.34. The van der Waals surface area contributed by atoms with Gasteiger partial charge in [0.2, 0.25) is 10.0 Å². The molecule has 9 heteroatoms. The van der Waals surface area contributed by atoms with Gasteiger partial charge in [-0.05, 0) is 6.07 Å². The molecule has 0 aliphatic rings. The van der Waals surface area contributed by atoms with Gasteiger partial charge < -0.3 is 18.9 Å². The standard InChI is InChI=1S/C12H21N3O5S/c1-14(4-6-19-2)12(16)11-8-10(21(13,17)18)9-15(11)5-7-20-3/h8-9H,4-7H2,1-3H3,(H2,13,17,18). The molecule has 2 N–H and O–H groups in total. The van der Waals surface area contributed by atoms with Gasteiger partial charge in [-0.25, -0.2) is 13.6 Å². The highest BCUT2D eigenvalue weighted by Crippen LogP contribution is 2.15. The molecule has 1 amide bonds. The highest BCUT2D eigenvalue weighted by Gasteiger charge is 2.21. The number of hydrogen-bond acceptors (Lipinski definition) is 5. The van der Waals surface area contributed by atoms with Crippen LogP contribution in [-0.2, 0) is 26.0 Å². The SMILES string of the molecule is COCCN(C)C(=O)c1cc(S(N)(=O)=O)cn1CCOC. The van der Waals surface area contributed by atoms with Crippen molar-refractivity contribution in [2.75, 3.05) is 41.0 Å². The van der Waals surface area contributed by atoms with Crippen LogP contribution in [0.2, 0.25) is 0 Å². The number of nitrogens with zero attached hydrogens (tertiary/aromatic N) is 2. The number of carbonyl (C=O) groups excluding carboxylic acids is 1. The predicted octanol–water partition coefficient (Wildman–Crippen LogP) is -0.500. The summed E-state index contributed by atoms with van der Waals surface area (Å²) in [5.41, 5.74) is 0.245. The first-order valence-corrected chi connectivity index (χ1v) is 7.82. The van der Waals surface area contributed by atoms with E-state index in [9.17, 15) is 13.2 Å². The molecular formula is C12H21N3O5S. The number of carbonyl (C=O) groups is 1. The third kappa shape index (κ3) is 4.81. The lowest BCUT2D eigenvalue weighted by Crippen LogP contribution is -2.31. The Morgan fingerprint density at radius 1 is 1.33 bits per heavy atom. The number of methoxy groups -OCH3 is 2. The summed E-state index contributed by atoms with van der Waals surface area (Å²) in [6.45, 7) is 1.49. The van der Waals surface area contributed by atoms with Gasteiger partial charge in [0.05, 0.1) is 13.2 Å². The molecule has 1 aromatic rings. The lowest BCUT2D eigenvalue weighted by molar-refractivity contribution is 0.0731. The smallest absolute Gasteiger partial charge is 0.270 e. The quantitative estimate of drug-likeness (QED) is 0.695. The van der Waals surface area contributed by atoms with Crippen molar-refractivity contribution in [2.24, 2.45) is 5.14 Å². The number of aromatic nitrogens is 1. The fourth-order valence-electron chi connectivity index (χ4n) is 1.72. The van der Waals surface area contributed by atoms with E-state index >= 15 is 0 Å². The molecule has 21 heavy (non-hydrogen) atoms. The number of rotatable bonds is 8. The number of nitrogens with two attached hydrogens (primary N) is 1. The molecule has 0 atom stereocenters. The zero-order chi connectivity index (χ0) is 16.0. The topological polar surface area (TPSA) is 104 Å². The minimum atomic E-state index is -3.86. The molecule has 0 aliphatic carbocycles. The van der Waals surface area contributed by atoms with E-state index in [0.717, 1.165) is 0 Å². The van der Waals surface area contributed by atoms with E-state index in [2.05, 4.69) is 0 Å². The number of primary sulfonamides is 1. The first kappa shape index (κ1) is 17.6. The second-order valence-corrected chi connectivity index (χ2v) is 6.07. The zero-order valence-electron chi connectivity index (χ0n) is 12.4. The van der Waals surface area contributed by atoms with E-state index in [1.54, 1.807) is 14.2 Å². The third-order valence-electron chi connectivity index (χ3n) is 2.93. The third-order valence-corrected chi connectivity index (χ3v) is 3.81. The van der Waals surface area contributed by atoms with Gasteiger partial charge in [0, 0.05) is 40.6 Å². The van der Waals surface area contributed by atoms with Crippen LogP contribution < -0.4 is 5.14 Å². The van der Waals surface area contributed by atoms with Crippen molar-refractivity contribution in [3.05, 3.63) is 18.0 Å². The van der Waals surface area contributed by atoms with Crippen LogP contribution in [0, 0.1) is 0 Å². The van der Waals surface area contributed by atoms with Crippen LogP contribution in [0.5, 0.6) is 0 Å². The normalized spacial score (nSPS) is 11.6. The molecule has 0 aromatic carbocycles. The molecule has 120 valence electrons. The predicted molar refractivity (Wildman–Crippen MR) is 76.5 cm³/mol. The average molecular weight is 319 g/mol. The Kier molecular flexibility index (Phi) is 6.34. The largest absolute Gasteiger partial charge is 0.383 e. The van der Waals surface area contributed by atoms with Crippen LogP contribution in [0.1, 0.15) is 10.5 Å². The maximum atomic E-state index is 12.3. The lowest BCUT2D eigenvalue weighted by atomic mass is 10.3. The summed E-state index contributed by atoms with van der Waals surface area (Å²) in [4.78, 5) is 13.7. The fourth-order valence-corrected chi connectivity index (χ4v) is 2.27. The van der Waals surface area contributed by atoms with Crippen molar-refractivity contribution in [3.8, 4) is 0 Å². The van der Waals surface area contributed by atoms with Crippen molar-refractivity contribution in [3.63, 3.8) is 0 Å². The molecule has 0 unspecified atom stereocenters. The molecule has 1 heterocycles. The molecule has 8 nitrogen and oxygen atoms in total. The average Bonchev–Trinajstić information content (AvgIpc) is 2.85. The van der Waals surface area contributed by atoms with Gasteiger partial charge >= 0.3 is 0 Å². The number of ether oxygens (including phenoxy) is 2. The van der Waals surface area contributed by atoms with E-state index in [1.807, 2.05) is 0 Å². The van der Waals surface area contributed by atoms with Crippen LogP contribution in [0.15, 0.2) is 17.2 Å². The van der Waals surface area contributed by atoms with Crippen LogP contribution in [0.25, 0.3) is 0 Å². The molecular weight excluding hydrogens is 298 g/mol. The van der Waals surface area contributed by atoms with Crippen molar-refractivity contribution >= 4 is 15.9 Å². The van der Waals surface area contributed by atoms with E-state index in [0.29, 0.717) is 26.3 Å². The second-order valence-electron chi connectivity index (χ2n) is 4.51. The number of likely N-dealkylation sites (N-methyl/N-ethyl adjacent to an activating group) is 1. The van der Waals surface area contributed by atoms with Gasteiger partial charge in [0.25, 0.3) is 5.91 Å². The molecule has 0 saturated heterocycles. The molecule has 1 aromatic heterocycles. The minimum absolute atomic E-state index is 0.0953. The Bertz CT molecular complexity index is 582. The maximum Gasteiger partial charge on any atom is 0.270 e. The summed E-state index contributed by atoms with van der Waals surface area (Å²) < 4.78 is 34.2. The Labute approximate surface area is 124 Å². The highest BCUT2D eigenvalue weighted by molar-refractivity contribution is 7.89. The first-order valence-electron chi connectivity index (χ1n) is 6.27. The van der Waals surface area contributed by atoms with Gasteiger partial charge in [-0.15, -0.1) is 0 Å². The van der Waals surface area contributed by atoms with E-state index in [1.165, 1.54) is 28.8 Å². The molecule has 0 bridgehead atoms. The van der Waals surface area contributed by atoms with Crippen LogP contribution in [-0.4, -0.2) is 64.8 Å². The Hall–Kier alpha value is -1.42. The van der Waals surface area contributed by atoms with Crippen molar-refractivity contribution in [2.45, 2.75) is 11.4 Å². The van der Waals surface area contributed by atoms with Crippen molar-refractivity contribution < 1.29 is 22.7 Å². The summed E-state index contributed by atoms with van der Waals surface area (Å²) in [6, 6.07) is 1.27. The molecule has 0 radical (unpaired) electrons. The molecule has 0 aliphatic heterocycles. The number of hydrogen-bond donors (Lipinski definition) is 1. The Morgan fingerprint density at radius 3 is 2.48 bits per heavy atom. The van der Waals surface area contributed by atoms with Crippen LogP contribution in [0.3, 0.4) is 0 Å². The lowest BCUT2D eigenvalue weighted by Gasteiger charge is -2.17. The van der Waals surface area contributed by atoms with Gasteiger partial charge in [0.15, 0.2) is 0 Å². The number of sulfonamides is 1. The molecule has 0 saturated carbocycles. The molecule has 0 fully saturated rings. The molecule has 1 rings (SSSR count). The Balaban J connectivity index is 3.07. The van der Waals surface area contributed by atoms with Gasteiger partial charge in [-0.2, -0.15) is 0 Å². The summed E-state index contributed by atoms with van der Waals surface area (Å²) >= 11 is 0. The van der Waals surface area contributed by atoms with Crippen LogP contribution >= 0.6 is 0 Å². The molecule has 0 spiro atoms. The number of amides is 1. The Morgan fingerprint density at radius 2 is 1.95 bits per heavy atom. The van der Waals surface area contributed by atoms with E-state index < -0.39 is 10.0 Å². The van der Waals surface area contributed by atoms with Gasteiger partial charge in [-0.3, -0.25) is 4.79 Å². The minimum Gasteiger partial charge on any atom is -0.383 e. The summed E-state index contributed by atoms with van der Waals surface area (Å²) in [5.74, 6) is -0.307. The monoisotopic (exact) mass is 319 g/mol. The summed E-state index contributed by atoms with van der Waals surface area (Å²) in [5, 5.41) is 5.11. The van der Waals surface area contributed by atoms with Crippen LogP contribution in [0.4, 0.5) is 0 Å². The second kappa shape index (κ2) is 7.55. The summed E-state index contributed by atoms with van der Waals surface area (Å²) in [7, 11) is 0.818. The van der Waals surface area contributed by atoms with Gasteiger partial charge in [-0.1, -0.05) is 0 Å². The van der Waals surface area contributed by atoms with Crippen molar-refractivity contribution in [1.82, 2.24) is 9.47 Å². The first-order chi connectivity index (χ1) is 9.81. The van der Waals surface area contributed by atoms with E-state index in [-0.39, 0.29) is 16.5 Å². The maximum absolute atomic E-state index is 12.3. The van der Waals surface area contributed by atoms with Crippen molar-refractivity contribution in [1.29, 1.82) is 0 Å².